The number of aromatic nitrogens is 1. The van der Waals surface area contributed by atoms with Gasteiger partial charge in [-0.25, -0.2) is 4.79 Å². The first-order chi connectivity index (χ1) is 46.1. The van der Waals surface area contributed by atoms with Gasteiger partial charge in [0.15, 0.2) is 5.96 Å². The minimum absolute atomic E-state index is 0.0197. The summed E-state index contributed by atoms with van der Waals surface area (Å²) in [6.07, 6.45) is 3.05. The van der Waals surface area contributed by atoms with Crippen molar-refractivity contribution in [1.82, 2.24) is 63.5 Å². The third-order valence-corrected chi connectivity index (χ3v) is 16.2. The van der Waals surface area contributed by atoms with Gasteiger partial charge in [-0.3, -0.25) is 57.7 Å². The minimum Gasteiger partial charge on any atom is -0.480 e. The number of nitrogens with one attached hydrogen (secondary N) is 12. The number of aliphatic hydroxyl groups is 1. The average Bonchev–Trinajstić information content (AvgIpc) is 1.63. The van der Waals surface area contributed by atoms with Gasteiger partial charge in [-0.05, 0) is 132 Å². The number of nitrogens with two attached hydrogens (primary N) is 5. The molecule has 0 saturated carbocycles. The second-order valence-electron chi connectivity index (χ2n) is 26.7. The standard InChI is InChI=1S/C66H114N18O14/c1-12-39(10)54(63(95)81-49(30-37(6)7)60(92)78-47(65(97)98)23-16-18-26-68)82-51(86)34-75-62(94)53(38(8)9)84-59(91)45(22-15-17-25-67)77-64(96)55(40(11)85)83-52(87)33-74-57(89)48(29-36(4)5)79-61(93)50(31-41-32-73-44-21-14-13-20-42(41)44)80-58(90)46(24-19-27-72-66(70)71)76-56(88)43(69)28-35(2)3/h13-14,20-21,32,35-40,43,45-50,53-55,73,85H,12,15-19,22-31,33-34,67-69H2,1-11H3,(H,74,89)(H,75,94)(H,76,88)(H,77,96)(H,78,92)(H,79,93)(H,80,90)(H,81,95)(H,82,86)(H,83,87)(H,84,91)(H,97,98)(H4,70,71,72)/t39-,40+,43-,45-,46-,47-,48-,49-,50-,53-,54-,55-/m0/s1. The number of rotatable bonds is 47. The van der Waals surface area contributed by atoms with Gasteiger partial charge >= 0.3 is 5.97 Å². The van der Waals surface area contributed by atoms with Crippen molar-refractivity contribution >= 4 is 87.8 Å². The van der Waals surface area contributed by atoms with Gasteiger partial charge in [0.05, 0.1) is 25.2 Å². The molecule has 0 unspecified atom stereocenters. The molecule has 98 heavy (non-hydrogen) atoms. The summed E-state index contributed by atoms with van der Waals surface area (Å²) in [5.41, 5.74) is 30.0. The first-order valence-electron chi connectivity index (χ1n) is 34.1. The molecule has 0 spiro atoms. The molecule has 0 bridgehead atoms. The fraction of sp³-hybridized carbons (Fsp3) is 0.682. The maximum atomic E-state index is 14.5. The predicted molar refractivity (Wildman–Crippen MR) is 371 cm³/mol. The molecule has 0 fully saturated rings. The van der Waals surface area contributed by atoms with Crippen molar-refractivity contribution in [3.8, 4) is 0 Å². The second kappa shape index (κ2) is 44.4. The van der Waals surface area contributed by atoms with Gasteiger partial charge in [0.2, 0.25) is 65.0 Å². The van der Waals surface area contributed by atoms with Crippen molar-refractivity contribution in [2.75, 3.05) is 32.7 Å². The van der Waals surface area contributed by atoms with Crippen molar-refractivity contribution in [3.05, 3.63) is 36.0 Å². The van der Waals surface area contributed by atoms with Crippen LogP contribution in [0.15, 0.2) is 35.5 Å². The molecule has 11 amide bonds. The number of aliphatic imine (C=N–C) groups is 1. The van der Waals surface area contributed by atoms with Gasteiger partial charge in [0.1, 0.15) is 54.4 Å². The average molecular weight is 1380 g/mol. The number of amides is 11. The first kappa shape index (κ1) is 85.6. The molecule has 1 aromatic carbocycles. The quantitative estimate of drug-likeness (QED) is 0.0198. The number of carboxylic acid groups (broad SMARTS) is 1. The van der Waals surface area contributed by atoms with Crippen LogP contribution >= 0.6 is 0 Å². The van der Waals surface area contributed by atoms with E-state index < -0.39 is 162 Å². The Kier molecular flexibility index (Phi) is 38.8. The molecule has 552 valence electrons. The number of para-hydroxylation sites is 1. The highest BCUT2D eigenvalue weighted by molar-refractivity contribution is 5.99. The van der Waals surface area contributed by atoms with Crippen LogP contribution in [0.1, 0.15) is 159 Å². The van der Waals surface area contributed by atoms with Crippen LogP contribution in [0, 0.1) is 29.6 Å². The number of nitrogens with zero attached hydrogens (tertiary/aromatic N) is 1. The molecule has 0 aliphatic heterocycles. The summed E-state index contributed by atoms with van der Waals surface area (Å²) >= 11 is 0. The number of benzene rings is 1. The van der Waals surface area contributed by atoms with Crippen molar-refractivity contribution in [2.45, 2.75) is 226 Å². The van der Waals surface area contributed by atoms with E-state index in [9.17, 15) is 67.7 Å². The highest BCUT2D eigenvalue weighted by atomic mass is 16.4. The Morgan fingerprint density at radius 3 is 1.48 bits per heavy atom. The number of aliphatic carboxylic acids is 1. The molecule has 12 atom stereocenters. The van der Waals surface area contributed by atoms with Crippen molar-refractivity contribution in [3.63, 3.8) is 0 Å². The SMILES string of the molecule is CC[C@H](C)[C@H](NC(=O)CNC(=O)[C@@H](NC(=O)[C@H](CCCCN)NC(=O)[C@@H](NC(=O)CNC(=O)[C@H](CC(C)C)NC(=O)[C@H](Cc1c[nH]c2ccccc12)NC(=O)[C@H](CCCN=C(N)N)NC(=O)[C@@H](N)CC(C)C)[C@@H](C)O)C(C)C)C(=O)N[C@@H](CC(C)C)C(=O)N[C@@H](CCCCN)C(=O)O. The van der Waals surface area contributed by atoms with Crippen molar-refractivity contribution in [1.29, 1.82) is 0 Å². The van der Waals surface area contributed by atoms with E-state index in [1.807, 2.05) is 45.9 Å². The van der Waals surface area contributed by atoms with Gasteiger partial charge < -0.3 is 102 Å². The minimum atomic E-state index is -1.71. The fourth-order valence-electron chi connectivity index (χ4n) is 10.6. The summed E-state index contributed by atoms with van der Waals surface area (Å²) in [6, 6.07) is -5.45. The third-order valence-electron chi connectivity index (χ3n) is 16.2. The number of carbonyl (C=O) groups is 12. The maximum absolute atomic E-state index is 14.5. The smallest absolute Gasteiger partial charge is 0.326 e. The molecule has 1 heterocycles. The zero-order chi connectivity index (χ0) is 73.9. The molecule has 32 heteroatoms. The van der Waals surface area contributed by atoms with Crippen molar-refractivity contribution in [2.24, 2.45) is 63.3 Å². The van der Waals surface area contributed by atoms with Crippen LogP contribution in [-0.4, -0.2) is 191 Å². The summed E-state index contributed by atoms with van der Waals surface area (Å²) in [5.74, 6) is -11.6. The van der Waals surface area contributed by atoms with E-state index in [1.165, 1.54) is 6.92 Å². The van der Waals surface area contributed by atoms with Gasteiger partial charge in [-0.2, -0.15) is 0 Å². The Morgan fingerprint density at radius 1 is 0.500 bits per heavy atom. The lowest BCUT2D eigenvalue weighted by molar-refractivity contribution is -0.142. The molecular formula is C66H114N18O14. The van der Waals surface area contributed by atoms with E-state index in [0.717, 1.165) is 10.9 Å². The summed E-state index contributed by atoms with van der Waals surface area (Å²) in [6.45, 7) is 18.2. The zero-order valence-electron chi connectivity index (χ0n) is 59.0. The summed E-state index contributed by atoms with van der Waals surface area (Å²) < 4.78 is 0. The lowest BCUT2D eigenvalue weighted by Crippen LogP contribution is -2.60. The molecule has 0 saturated heterocycles. The molecule has 2 rings (SSSR count). The lowest BCUT2D eigenvalue weighted by Gasteiger charge is -2.28. The van der Waals surface area contributed by atoms with E-state index in [4.69, 9.17) is 28.7 Å². The monoisotopic (exact) mass is 1380 g/mol. The summed E-state index contributed by atoms with van der Waals surface area (Å²) in [4.78, 5) is 172. The van der Waals surface area contributed by atoms with E-state index >= 15 is 0 Å². The van der Waals surface area contributed by atoms with E-state index in [0.29, 0.717) is 50.6 Å². The Balaban J connectivity index is 2.31. The van der Waals surface area contributed by atoms with Crippen LogP contribution in [-0.2, 0) is 64.0 Å². The molecule has 1 aromatic heterocycles. The molecular weight excluding hydrogens is 1270 g/mol. The Morgan fingerprint density at radius 2 is 0.949 bits per heavy atom. The topological polar surface area (TPSA) is 536 Å². The van der Waals surface area contributed by atoms with E-state index in [2.05, 4.69) is 68.5 Å². The van der Waals surface area contributed by atoms with E-state index in [1.54, 1.807) is 53.8 Å². The van der Waals surface area contributed by atoms with Crippen LogP contribution in [0.25, 0.3) is 10.9 Å². The van der Waals surface area contributed by atoms with Crippen LogP contribution in [0.5, 0.6) is 0 Å². The van der Waals surface area contributed by atoms with Gasteiger partial charge in [0, 0.05) is 30.1 Å². The van der Waals surface area contributed by atoms with Crippen LogP contribution in [0.3, 0.4) is 0 Å². The summed E-state index contributed by atoms with van der Waals surface area (Å²) in [7, 11) is 0. The molecule has 0 radical (unpaired) electrons. The summed E-state index contributed by atoms with van der Waals surface area (Å²) in [5, 5.41) is 50.0. The number of unbranched alkanes of at least 4 members (excludes halogenated alkanes) is 2. The Bertz CT molecular complexity index is 2950. The van der Waals surface area contributed by atoms with Crippen LogP contribution in [0.4, 0.5) is 0 Å². The Hall–Kier alpha value is -8.49. The number of hydrogen-bond acceptors (Lipinski definition) is 17. The van der Waals surface area contributed by atoms with Crippen LogP contribution in [0.2, 0.25) is 0 Å². The number of fused-ring (bicyclic) bond motifs is 1. The van der Waals surface area contributed by atoms with Crippen molar-refractivity contribution < 1.29 is 67.7 Å². The number of carbonyl (C=O) groups excluding carboxylic acids is 11. The molecule has 0 aliphatic rings. The highest BCUT2D eigenvalue weighted by Crippen LogP contribution is 2.21. The number of carboxylic acids is 1. The highest BCUT2D eigenvalue weighted by Gasteiger charge is 2.37. The van der Waals surface area contributed by atoms with E-state index in [-0.39, 0.29) is 81.7 Å². The van der Waals surface area contributed by atoms with Gasteiger partial charge in [-0.1, -0.05) is 93.9 Å². The normalized spacial score (nSPS) is 15.1. The second-order valence-corrected chi connectivity index (χ2v) is 26.7. The lowest BCUT2D eigenvalue weighted by atomic mass is 9.96. The molecule has 0 aliphatic carbocycles. The number of hydrogen-bond donors (Lipinski definition) is 19. The maximum Gasteiger partial charge on any atom is 0.326 e. The number of aromatic amines is 1. The molecule has 2 aromatic rings. The largest absolute Gasteiger partial charge is 0.480 e. The number of H-pyrrole nitrogens is 1. The molecule has 24 N–H and O–H groups in total. The zero-order valence-corrected chi connectivity index (χ0v) is 59.0. The number of aliphatic hydroxyl groups excluding tert-OH is 1. The first-order valence-corrected chi connectivity index (χ1v) is 34.1. The van der Waals surface area contributed by atoms with Gasteiger partial charge in [0.25, 0.3) is 0 Å². The molecule has 32 nitrogen and oxygen atoms in total. The Labute approximate surface area is 575 Å². The fourth-order valence-corrected chi connectivity index (χ4v) is 10.6. The predicted octanol–water partition coefficient (Wildman–Crippen LogP) is -1.75. The van der Waals surface area contributed by atoms with Crippen LogP contribution < -0.4 is 87.2 Å². The number of guanidine groups is 1. The van der Waals surface area contributed by atoms with Gasteiger partial charge in [-0.15, -0.1) is 0 Å². The third kappa shape index (κ3) is 31.4.